The first-order valence-electron chi connectivity index (χ1n) is 9.74. The van der Waals surface area contributed by atoms with Gasteiger partial charge in [0.15, 0.2) is 11.6 Å². The summed E-state index contributed by atoms with van der Waals surface area (Å²) in [6, 6.07) is 0. The van der Waals surface area contributed by atoms with E-state index in [0.717, 1.165) is 36.8 Å². The molecule has 0 aliphatic heterocycles. The van der Waals surface area contributed by atoms with Gasteiger partial charge < -0.3 is 0 Å². The van der Waals surface area contributed by atoms with Crippen molar-refractivity contribution < 1.29 is 9.59 Å². The SMILES string of the molecule is CC(C)[C@@H]1CC[C@@H](C)/C(=C\C=C2/C(=O)[C@@H](C(C)C)CC[C@H]2C)C1=O. The Morgan fingerprint density at radius 3 is 1.33 bits per heavy atom. The summed E-state index contributed by atoms with van der Waals surface area (Å²) in [7, 11) is 0. The van der Waals surface area contributed by atoms with Gasteiger partial charge in [-0.1, -0.05) is 53.7 Å². The fourth-order valence-electron chi connectivity index (χ4n) is 4.29. The molecule has 0 aromatic rings. The maximum absolute atomic E-state index is 12.8. The molecule has 0 aromatic heterocycles. The topological polar surface area (TPSA) is 34.1 Å². The zero-order valence-electron chi connectivity index (χ0n) is 16.3. The Bertz CT molecular complexity index is 500. The Hall–Kier alpha value is -1.18. The van der Waals surface area contributed by atoms with Crippen LogP contribution in [0.4, 0.5) is 0 Å². The summed E-state index contributed by atoms with van der Waals surface area (Å²) in [5, 5.41) is 0. The molecule has 2 aliphatic rings. The van der Waals surface area contributed by atoms with Gasteiger partial charge in [-0.15, -0.1) is 0 Å². The van der Waals surface area contributed by atoms with Gasteiger partial charge in [0.1, 0.15) is 0 Å². The van der Waals surface area contributed by atoms with Gasteiger partial charge in [0.05, 0.1) is 0 Å². The van der Waals surface area contributed by atoms with Crippen molar-refractivity contribution in [2.45, 2.75) is 67.2 Å². The lowest BCUT2D eigenvalue weighted by Crippen LogP contribution is -2.31. The molecule has 0 amide bonds. The Kier molecular flexibility index (Phi) is 6.22. The Balaban J connectivity index is 2.29. The van der Waals surface area contributed by atoms with E-state index in [1.54, 1.807) is 0 Å². The molecule has 0 unspecified atom stereocenters. The summed E-state index contributed by atoms with van der Waals surface area (Å²) >= 11 is 0. The van der Waals surface area contributed by atoms with Crippen LogP contribution in [0.2, 0.25) is 0 Å². The van der Waals surface area contributed by atoms with Gasteiger partial charge in [-0.25, -0.2) is 0 Å². The molecule has 2 rings (SSSR count). The van der Waals surface area contributed by atoms with Crippen molar-refractivity contribution in [3.63, 3.8) is 0 Å². The lowest BCUT2D eigenvalue weighted by Gasteiger charge is -2.31. The average molecular weight is 331 g/mol. The smallest absolute Gasteiger partial charge is 0.162 e. The van der Waals surface area contributed by atoms with Crippen LogP contribution < -0.4 is 0 Å². The second kappa shape index (κ2) is 7.80. The normalized spacial score (nSPS) is 35.5. The summed E-state index contributed by atoms with van der Waals surface area (Å²) in [6.45, 7) is 12.8. The molecule has 0 spiro atoms. The maximum Gasteiger partial charge on any atom is 0.162 e. The minimum atomic E-state index is 0.147. The lowest BCUT2D eigenvalue weighted by molar-refractivity contribution is -0.123. The van der Waals surface area contributed by atoms with Crippen molar-refractivity contribution in [1.82, 2.24) is 0 Å². The largest absolute Gasteiger partial charge is 0.294 e. The summed E-state index contributed by atoms with van der Waals surface area (Å²) in [5.74, 6) is 2.29. The lowest BCUT2D eigenvalue weighted by atomic mass is 9.72. The zero-order valence-corrected chi connectivity index (χ0v) is 16.3. The molecule has 2 fully saturated rings. The second-order valence-electron chi connectivity index (χ2n) is 8.63. The van der Waals surface area contributed by atoms with Crippen LogP contribution in [0.25, 0.3) is 0 Å². The second-order valence-corrected chi connectivity index (χ2v) is 8.63. The Morgan fingerprint density at radius 1 is 0.708 bits per heavy atom. The minimum absolute atomic E-state index is 0.147. The first-order valence-corrected chi connectivity index (χ1v) is 9.74. The number of carbonyl (C=O) groups excluding carboxylic acids is 2. The van der Waals surface area contributed by atoms with Crippen LogP contribution in [-0.4, -0.2) is 11.6 Å². The molecule has 0 aromatic carbocycles. The summed E-state index contributed by atoms with van der Waals surface area (Å²) in [6.07, 6.45) is 8.10. The van der Waals surface area contributed by atoms with Gasteiger partial charge >= 0.3 is 0 Å². The van der Waals surface area contributed by atoms with E-state index in [4.69, 9.17) is 0 Å². The maximum atomic E-state index is 12.8. The third kappa shape index (κ3) is 3.90. The molecular weight excluding hydrogens is 296 g/mol. The van der Waals surface area contributed by atoms with E-state index >= 15 is 0 Å². The molecule has 2 aliphatic carbocycles. The van der Waals surface area contributed by atoms with Crippen LogP contribution in [0.3, 0.4) is 0 Å². The van der Waals surface area contributed by atoms with E-state index in [2.05, 4.69) is 41.5 Å². The van der Waals surface area contributed by atoms with E-state index in [-0.39, 0.29) is 11.8 Å². The van der Waals surface area contributed by atoms with Crippen LogP contribution in [0, 0.1) is 35.5 Å². The first kappa shape index (κ1) is 19.1. The van der Waals surface area contributed by atoms with Crippen molar-refractivity contribution in [3.05, 3.63) is 23.3 Å². The van der Waals surface area contributed by atoms with Gasteiger partial charge in [-0.2, -0.15) is 0 Å². The molecule has 2 saturated carbocycles. The van der Waals surface area contributed by atoms with E-state index in [0.29, 0.717) is 35.2 Å². The third-order valence-corrected chi connectivity index (χ3v) is 6.18. The van der Waals surface area contributed by atoms with E-state index < -0.39 is 0 Å². The van der Waals surface area contributed by atoms with E-state index in [1.165, 1.54) is 0 Å². The van der Waals surface area contributed by atoms with Gasteiger partial charge in [0.25, 0.3) is 0 Å². The molecule has 24 heavy (non-hydrogen) atoms. The van der Waals surface area contributed by atoms with Gasteiger partial charge in [-0.3, -0.25) is 9.59 Å². The molecule has 0 heterocycles. The third-order valence-electron chi connectivity index (χ3n) is 6.18. The van der Waals surface area contributed by atoms with Crippen molar-refractivity contribution >= 4 is 11.6 Å². The monoisotopic (exact) mass is 330 g/mol. The standard InChI is InChI=1S/C22H34O2/c1-13(2)17-9-7-15(5)19(21(17)23)11-12-20-16(6)8-10-18(14(3)4)22(20)24/h11-18H,7-10H2,1-6H3/b19-11-,20-12+/t15-,16-,17-,18+/m1/s1. The fourth-order valence-corrected chi connectivity index (χ4v) is 4.29. The van der Waals surface area contributed by atoms with Crippen LogP contribution >= 0.6 is 0 Å². The van der Waals surface area contributed by atoms with Crippen LogP contribution in [0.1, 0.15) is 67.2 Å². The molecule has 0 saturated heterocycles. The van der Waals surface area contributed by atoms with E-state index in [9.17, 15) is 9.59 Å². The highest BCUT2D eigenvalue weighted by atomic mass is 16.1. The van der Waals surface area contributed by atoms with E-state index in [1.807, 2.05) is 12.2 Å². The molecular formula is C22H34O2. The van der Waals surface area contributed by atoms with Crippen molar-refractivity contribution in [1.29, 1.82) is 0 Å². The highest BCUT2D eigenvalue weighted by Crippen LogP contribution is 2.36. The number of ketones is 2. The highest BCUT2D eigenvalue weighted by Gasteiger charge is 2.34. The predicted molar refractivity (Wildman–Crippen MR) is 99.6 cm³/mol. The molecule has 0 radical (unpaired) electrons. The number of Topliss-reactive ketones (excluding diaryl/α,β-unsaturated/α-hetero) is 2. The number of rotatable bonds is 3. The Labute approximate surface area is 147 Å². The molecule has 4 atom stereocenters. The predicted octanol–water partition coefficient (Wildman–Crippen LogP) is 5.38. The molecule has 134 valence electrons. The van der Waals surface area contributed by atoms with Crippen LogP contribution in [-0.2, 0) is 9.59 Å². The van der Waals surface area contributed by atoms with Crippen molar-refractivity contribution in [2.75, 3.05) is 0 Å². The van der Waals surface area contributed by atoms with Gasteiger partial charge in [0.2, 0.25) is 0 Å². The molecule has 0 bridgehead atoms. The van der Waals surface area contributed by atoms with Crippen LogP contribution in [0.15, 0.2) is 23.3 Å². The quantitative estimate of drug-likeness (QED) is 0.651. The summed E-state index contributed by atoms with van der Waals surface area (Å²) in [4.78, 5) is 25.6. The number of carbonyl (C=O) groups is 2. The van der Waals surface area contributed by atoms with Gasteiger partial charge in [0, 0.05) is 11.8 Å². The number of hydrogen-bond acceptors (Lipinski definition) is 2. The number of hydrogen-bond donors (Lipinski definition) is 0. The van der Waals surface area contributed by atoms with Crippen LogP contribution in [0.5, 0.6) is 0 Å². The number of allylic oxidation sites excluding steroid dienone is 4. The van der Waals surface area contributed by atoms with Gasteiger partial charge in [-0.05, 0) is 60.5 Å². The first-order chi connectivity index (χ1) is 11.2. The summed E-state index contributed by atoms with van der Waals surface area (Å²) in [5.41, 5.74) is 1.86. The van der Waals surface area contributed by atoms with Crippen molar-refractivity contribution in [3.8, 4) is 0 Å². The minimum Gasteiger partial charge on any atom is -0.294 e. The van der Waals surface area contributed by atoms with Crippen molar-refractivity contribution in [2.24, 2.45) is 35.5 Å². The fraction of sp³-hybridized carbons (Fsp3) is 0.727. The molecule has 0 N–H and O–H groups in total. The average Bonchev–Trinajstić information content (AvgIpc) is 2.48. The molecule has 2 heteroatoms. The summed E-state index contributed by atoms with van der Waals surface area (Å²) < 4.78 is 0. The zero-order chi connectivity index (χ0) is 18.0. The Morgan fingerprint density at radius 2 is 1.04 bits per heavy atom. The highest BCUT2D eigenvalue weighted by molar-refractivity contribution is 6.01. The molecule has 2 nitrogen and oxygen atoms in total.